The van der Waals surface area contributed by atoms with Crippen molar-refractivity contribution in [3.63, 3.8) is 0 Å². The first-order valence-electron chi connectivity index (χ1n) is 39.8. The molecule has 35 nitrogen and oxygen atoms in total. The van der Waals surface area contributed by atoms with Crippen molar-refractivity contribution in [1.29, 1.82) is 0 Å². The summed E-state index contributed by atoms with van der Waals surface area (Å²) in [5.74, 6) is -11.1. The van der Waals surface area contributed by atoms with Crippen molar-refractivity contribution >= 4 is 123 Å². The van der Waals surface area contributed by atoms with Gasteiger partial charge in [-0.1, -0.05) is 124 Å². The summed E-state index contributed by atoms with van der Waals surface area (Å²) in [6.07, 6.45) is 2.96. The number of rotatable bonds is 43. The van der Waals surface area contributed by atoms with Crippen LogP contribution in [0.2, 0.25) is 5.02 Å². The molecule has 8 rings (SSSR count). The van der Waals surface area contributed by atoms with E-state index in [-0.39, 0.29) is 100.0 Å². The summed E-state index contributed by atoms with van der Waals surface area (Å²) >= 11 is 6.27. The third-order valence-corrected chi connectivity index (χ3v) is 20.1. The Balaban J connectivity index is 1.11. The zero-order valence-electron chi connectivity index (χ0n) is 67.7. The second-order valence-corrected chi connectivity index (χ2v) is 30.8. The first-order valence-corrected chi connectivity index (χ1v) is 40.2. The normalized spacial score (nSPS) is 16.0. The Morgan fingerprint density at radius 1 is 0.542 bits per heavy atom. The fourth-order valence-electron chi connectivity index (χ4n) is 13.6. The number of amides is 17. The molecule has 3 heterocycles. The number of primary amides is 1. The number of aliphatic hydroxyl groups is 2. The maximum absolute atomic E-state index is 15.5. The quantitative estimate of drug-likeness (QED) is 0.0239. The summed E-state index contributed by atoms with van der Waals surface area (Å²) in [6.45, 7) is 9.31. The third-order valence-electron chi connectivity index (χ3n) is 19.8. The number of urea groups is 2. The van der Waals surface area contributed by atoms with Crippen LogP contribution in [0.15, 0.2) is 140 Å². The number of nitrogens with two attached hydrogens (primary N) is 1. The number of hydrogen-bond donors (Lipinski definition) is 18. The van der Waals surface area contributed by atoms with Gasteiger partial charge in [0.2, 0.25) is 76.8 Å². The molecule has 2 aliphatic rings. The van der Waals surface area contributed by atoms with Gasteiger partial charge in [0.15, 0.2) is 0 Å². The second-order valence-electron chi connectivity index (χ2n) is 30.4. The average molecular weight is 1680 g/mol. The predicted octanol–water partition coefficient (Wildman–Crippen LogP) is 1.14. The fraction of sp³-hybridized carbons (Fsp3) is 0.429. The molecule has 0 spiro atoms. The van der Waals surface area contributed by atoms with Crippen molar-refractivity contribution in [2.75, 3.05) is 43.5 Å². The van der Waals surface area contributed by atoms with Crippen molar-refractivity contribution in [2.45, 2.75) is 191 Å². The third kappa shape index (κ3) is 29.6. The van der Waals surface area contributed by atoms with E-state index in [2.05, 4.69) is 84.7 Å². The number of imide groups is 1. The summed E-state index contributed by atoms with van der Waals surface area (Å²) in [4.78, 5) is 215. The lowest BCUT2D eigenvalue weighted by molar-refractivity contribution is -0.142. The van der Waals surface area contributed by atoms with Gasteiger partial charge in [0.1, 0.15) is 66.5 Å². The van der Waals surface area contributed by atoms with Gasteiger partial charge >= 0.3 is 12.1 Å². The molecule has 1 aromatic heterocycles. The number of likely N-dealkylation sites (tertiary alicyclic amines) is 1. The van der Waals surface area contributed by atoms with Gasteiger partial charge in [0.25, 0.3) is 0 Å². The predicted molar refractivity (Wildman–Crippen MR) is 445 cm³/mol. The summed E-state index contributed by atoms with van der Waals surface area (Å²) in [7, 11) is 0. The number of pyridine rings is 1. The minimum absolute atomic E-state index is 0.000760. The van der Waals surface area contributed by atoms with Crippen LogP contribution < -0.4 is 85.5 Å². The molecule has 6 aromatic rings. The van der Waals surface area contributed by atoms with Crippen molar-refractivity contribution in [3.8, 4) is 0 Å². The first kappa shape index (κ1) is 93.0. The van der Waals surface area contributed by atoms with Gasteiger partial charge in [0, 0.05) is 87.0 Å². The van der Waals surface area contributed by atoms with Crippen LogP contribution in [-0.4, -0.2) is 214 Å². The number of anilines is 2. The van der Waals surface area contributed by atoms with Crippen LogP contribution in [0, 0.1) is 5.92 Å². The summed E-state index contributed by atoms with van der Waals surface area (Å²) in [5.41, 5.74) is 8.14. The van der Waals surface area contributed by atoms with Gasteiger partial charge in [-0.15, -0.1) is 0 Å². The molecule has 36 heteroatoms. The minimum Gasteiger partial charge on any atom is -0.395 e. The van der Waals surface area contributed by atoms with E-state index in [0.29, 0.717) is 53.1 Å². The van der Waals surface area contributed by atoms with Gasteiger partial charge in [-0.3, -0.25) is 72.6 Å². The molecule has 11 atom stereocenters. The summed E-state index contributed by atoms with van der Waals surface area (Å²) in [6, 6.07) is 17.5. The van der Waals surface area contributed by atoms with E-state index in [9.17, 15) is 53.4 Å². The number of carbonyl (C=O) groups excluding carboxylic acids is 15. The molecule has 642 valence electrons. The molecular formula is C84H107ClN18O17. The van der Waals surface area contributed by atoms with E-state index < -0.39 is 168 Å². The molecule has 1 unspecified atom stereocenters. The number of nitrogens with zero attached hydrogens (tertiary/aromatic N) is 2. The number of aromatic nitrogens is 1. The van der Waals surface area contributed by atoms with Gasteiger partial charge < -0.3 is 95.3 Å². The van der Waals surface area contributed by atoms with E-state index in [0.717, 1.165) is 10.8 Å². The molecule has 0 radical (unpaired) electrons. The van der Waals surface area contributed by atoms with Crippen LogP contribution in [0.25, 0.3) is 10.8 Å². The molecular weight excluding hydrogens is 1570 g/mol. The molecule has 0 aliphatic carbocycles. The van der Waals surface area contributed by atoms with Crippen LogP contribution in [-0.2, 0) is 94.4 Å². The molecule has 120 heavy (non-hydrogen) atoms. The van der Waals surface area contributed by atoms with E-state index in [1.165, 1.54) is 79.7 Å². The Bertz CT molecular complexity index is 4590. The van der Waals surface area contributed by atoms with Gasteiger partial charge in [-0.25, -0.2) is 9.59 Å². The maximum Gasteiger partial charge on any atom is 0.322 e. The van der Waals surface area contributed by atoms with Crippen LogP contribution >= 0.6 is 11.6 Å². The van der Waals surface area contributed by atoms with E-state index in [4.69, 9.17) is 17.3 Å². The summed E-state index contributed by atoms with van der Waals surface area (Å²) < 4.78 is 0. The molecule has 0 saturated carbocycles. The Labute approximate surface area is 699 Å². The highest BCUT2D eigenvalue weighted by Crippen LogP contribution is 2.24. The molecule has 0 bridgehead atoms. The molecule has 2 fully saturated rings. The van der Waals surface area contributed by atoms with Crippen LogP contribution in [0.5, 0.6) is 0 Å². The lowest BCUT2D eigenvalue weighted by Crippen LogP contribution is -2.62. The molecule has 2 saturated heterocycles. The molecule has 2 aliphatic heterocycles. The van der Waals surface area contributed by atoms with Crippen molar-refractivity contribution in [2.24, 2.45) is 11.7 Å². The number of hydrogen-bond acceptors (Lipinski definition) is 19. The number of benzene rings is 5. The highest BCUT2D eigenvalue weighted by Gasteiger charge is 2.41. The first-order chi connectivity index (χ1) is 57.3. The lowest BCUT2D eigenvalue weighted by Gasteiger charge is -2.31. The Morgan fingerprint density at radius 2 is 1.04 bits per heavy atom. The zero-order valence-corrected chi connectivity index (χ0v) is 68.4. The van der Waals surface area contributed by atoms with E-state index in [1.54, 1.807) is 50.2 Å². The zero-order chi connectivity index (χ0) is 87.1. The van der Waals surface area contributed by atoms with Crippen molar-refractivity contribution in [1.82, 2.24) is 79.0 Å². The Morgan fingerprint density at radius 3 is 1.57 bits per heavy atom. The van der Waals surface area contributed by atoms with Crippen molar-refractivity contribution < 1.29 is 82.1 Å². The SMILES string of the molecule is CC(=O)N[C@H](Cc1ccc2ccccc2c1)C(=O)N[C@H](Cc1ccc(Cl)cc1)C(=O)N[C@H](Cc1cccnc1)C(=O)N[C@@H](CO)C(=O)N[C@@H](Cc1ccc(NC(=O)C2CC(=O)NC(=O)N2)cc1)C(=O)N[C@H](Cc1ccc(NC(=O)NCCO)cc1)C(=O)N[C@@H](CC(C)C)C(=O)N[C@@H](CCCCNC(C)C)C(=O)N1CCC[C@H]1C(=O)N[C@H](C)C(N)=O. The number of aliphatic hydroxyl groups excluding tert-OH is 2. The fourth-order valence-corrected chi connectivity index (χ4v) is 13.7. The lowest BCUT2D eigenvalue weighted by atomic mass is 9.99. The number of fused-ring (bicyclic) bond motifs is 1. The molecule has 5 aromatic carbocycles. The highest BCUT2D eigenvalue weighted by molar-refractivity contribution is 6.30. The maximum atomic E-state index is 15.5. The second kappa shape index (κ2) is 46.0. The standard InChI is InChI=1S/C84H107ClN18O17/c1-47(2)37-62(74(110)94-61(16-9-10-33-88-48(3)4)82(118)103-35-12-17-70(103)81(117)90-49(5)72(86)108)95-76(112)65(40-53-23-30-60(31-24-53)93-83(119)89-34-36-104)97-78(114)66(41-52-21-28-59(29-22-52)92-73(109)68-44-71(107)102-84(120)101-68)99-80(116)69(46-105)100-79(115)67(43-55-13-11-32-87-45-55)98-77(113)64(39-51-19-26-58(85)27-20-51)96-75(111)63(91-50(6)106)42-54-18-25-56-14-7-8-15-57(56)38-54/h7-8,11,13-15,18-32,38,45,47-49,61-70,88,104-105H,9-10,12,16-17,33-37,39-44,46H2,1-6H3,(H2,86,108)(H,90,117)(H,91,106)(H,92,109)(H,94,110)(H,95,112)(H,96,111)(H,97,114)(H,98,113)(H,99,116)(H,100,115)(H2,89,93,119)(H2,101,102,107,120)/t49-,61+,62+,63-,64-,65-,66+,67-,68?,69+,70+/m1/s1. The number of halogens is 1. The van der Waals surface area contributed by atoms with Crippen molar-refractivity contribution in [3.05, 3.63) is 173 Å². The Kier molecular flexibility index (Phi) is 35.7. The molecule has 19 N–H and O–H groups in total. The van der Waals surface area contributed by atoms with Gasteiger partial charge in [-0.05, 0) is 139 Å². The van der Waals surface area contributed by atoms with Gasteiger partial charge in [-0.2, -0.15) is 0 Å². The van der Waals surface area contributed by atoms with E-state index in [1.807, 2.05) is 56.3 Å². The average Bonchev–Trinajstić information content (AvgIpc) is 1.67. The topological polar surface area (TPSA) is 519 Å². The van der Waals surface area contributed by atoms with Crippen LogP contribution in [0.3, 0.4) is 0 Å². The Hall–Kier alpha value is -12.5. The smallest absolute Gasteiger partial charge is 0.322 e. The van der Waals surface area contributed by atoms with E-state index >= 15 is 28.8 Å². The summed E-state index contributed by atoms with van der Waals surface area (Å²) in [5, 5.41) is 62.4. The highest BCUT2D eigenvalue weighted by atomic mass is 35.5. The number of nitrogens with one attached hydrogen (secondary N) is 15. The van der Waals surface area contributed by atoms with Crippen LogP contribution in [0.4, 0.5) is 21.0 Å². The minimum atomic E-state index is -1.93. The largest absolute Gasteiger partial charge is 0.395 e. The number of carbonyl (C=O) groups is 15. The van der Waals surface area contributed by atoms with Crippen LogP contribution in [0.1, 0.15) is 114 Å². The molecule has 17 amide bonds. The van der Waals surface area contributed by atoms with Gasteiger partial charge in [0.05, 0.1) is 19.6 Å². The monoisotopic (exact) mass is 1670 g/mol. The number of unbranched alkanes of at least 4 members (excludes halogenated alkanes) is 1.